The first-order valence-electron chi connectivity index (χ1n) is 9.38. The molecule has 0 radical (unpaired) electrons. The van der Waals surface area contributed by atoms with E-state index in [1.165, 1.54) is 31.0 Å². The first-order chi connectivity index (χ1) is 13.0. The zero-order valence-electron chi connectivity index (χ0n) is 15.8. The normalized spacial score (nSPS) is 16.7. The van der Waals surface area contributed by atoms with E-state index in [2.05, 4.69) is 35.3 Å². The number of hydrogen-bond donors (Lipinski definition) is 4. The zero-order chi connectivity index (χ0) is 19.6. The standard InChI is InChI=1S/C19H28N4O2S2/c1-3-4-5-8-13(2)12-20-19(26)23-22-17(24)11-16-18(25)21-14-9-6-7-10-15(14)27-16/h6-7,9-10,13,16H,3-5,8,11-12H2,1-2H3,(H,21,25)(H,22,24)(H2,20,23,26)/t13-,16-/m1/s1. The summed E-state index contributed by atoms with van der Waals surface area (Å²) in [6.07, 6.45) is 4.93. The Morgan fingerprint density at radius 3 is 2.85 bits per heavy atom. The van der Waals surface area contributed by atoms with Crippen LogP contribution in [0.25, 0.3) is 0 Å². The number of carbonyl (C=O) groups is 2. The van der Waals surface area contributed by atoms with Crippen molar-refractivity contribution in [3.8, 4) is 0 Å². The van der Waals surface area contributed by atoms with Gasteiger partial charge in [-0.15, -0.1) is 11.8 Å². The highest BCUT2D eigenvalue weighted by atomic mass is 32.2. The number of carbonyl (C=O) groups excluding carboxylic acids is 2. The fourth-order valence-corrected chi connectivity index (χ4v) is 3.97. The third-order valence-electron chi connectivity index (χ3n) is 4.30. The molecule has 0 fully saturated rings. The molecule has 0 unspecified atom stereocenters. The maximum atomic E-state index is 12.1. The molecule has 0 aromatic heterocycles. The Hall–Kier alpha value is -1.80. The van der Waals surface area contributed by atoms with Crippen LogP contribution in [0.1, 0.15) is 46.0 Å². The number of benzene rings is 1. The maximum absolute atomic E-state index is 12.1. The summed E-state index contributed by atoms with van der Waals surface area (Å²) in [5.74, 6) is 0.0898. The Morgan fingerprint density at radius 1 is 1.30 bits per heavy atom. The molecule has 4 N–H and O–H groups in total. The van der Waals surface area contributed by atoms with Crippen molar-refractivity contribution in [1.82, 2.24) is 16.2 Å². The van der Waals surface area contributed by atoms with Crippen molar-refractivity contribution < 1.29 is 9.59 Å². The lowest BCUT2D eigenvalue weighted by Crippen LogP contribution is -2.48. The summed E-state index contributed by atoms with van der Waals surface area (Å²) in [4.78, 5) is 25.2. The predicted molar refractivity (Wildman–Crippen MR) is 115 cm³/mol. The SMILES string of the molecule is CCCCC[C@@H](C)CNC(=S)NNC(=O)C[C@H]1Sc2ccccc2NC1=O. The van der Waals surface area contributed by atoms with Crippen molar-refractivity contribution >= 4 is 46.6 Å². The Bertz CT molecular complexity index is 669. The lowest BCUT2D eigenvalue weighted by molar-refractivity contribution is -0.124. The molecule has 0 bridgehead atoms. The Morgan fingerprint density at radius 2 is 2.07 bits per heavy atom. The smallest absolute Gasteiger partial charge is 0.240 e. The average molecular weight is 409 g/mol. The van der Waals surface area contributed by atoms with E-state index in [0.29, 0.717) is 11.0 Å². The van der Waals surface area contributed by atoms with Gasteiger partial charge in [0.25, 0.3) is 0 Å². The highest BCUT2D eigenvalue weighted by Crippen LogP contribution is 2.36. The monoisotopic (exact) mass is 408 g/mol. The molecule has 2 amide bonds. The molecule has 0 aliphatic carbocycles. The largest absolute Gasteiger partial charge is 0.361 e. The molecular formula is C19H28N4O2S2. The van der Waals surface area contributed by atoms with Gasteiger partial charge >= 0.3 is 0 Å². The summed E-state index contributed by atoms with van der Waals surface area (Å²) in [7, 11) is 0. The van der Waals surface area contributed by atoms with Crippen molar-refractivity contribution in [3.63, 3.8) is 0 Å². The van der Waals surface area contributed by atoms with Gasteiger partial charge in [-0.25, -0.2) is 0 Å². The molecule has 1 heterocycles. The third-order valence-corrected chi connectivity index (χ3v) is 5.83. The summed E-state index contributed by atoms with van der Waals surface area (Å²) in [6, 6.07) is 7.57. The summed E-state index contributed by atoms with van der Waals surface area (Å²) >= 11 is 6.59. The van der Waals surface area contributed by atoms with Crippen molar-refractivity contribution in [2.24, 2.45) is 5.92 Å². The number of rotatable bonds is 8. The van der Waals surface area contributed by atoms with Gasteiger partial charge in [-0.2, -0.15) is 0 Å². The number of para-hydroxylation sites is 1. The van der Waals surface area contributed by atoms with E-state index < -0.39 is 5.25 Å². The minimum atomic E-state index is -0.457. The van der Waals surface area contributed by atoms with Gasteiger partial charge in [0.2, 0.25) is 11.8 Å². The van der Waals surface area contributed by atoms with Crippen LogP contribution in [0.15, 0.2) is 29.2 Å². The first-order valence-corrected chi connectivity index (χ1v) is 10.7. The van der Waals surface area contributed by atoms with Gasteiger partial charge in [-0.05, 0) is 36.7 Å². The van der Waals surface area contributed by atoms with Gasteiger partial charge in [0.15, 0.2) is 5.11 Å². The highest BCUT2D eigenvalue weighted by molar-refractivity contribution is 8.01. The molecule has 148 valence electrons. The van der Waals surface area contributed by atoms with Gasteiger partial charge < -0.3 is 10.6 Å². The molecule has 8 heteroatoms. The van der Waals surface area contributed by atoms with Crippen LogP contribution in [-0.4, -0.2) is 28.7 Å². The molecule has 1 aliphatic rings. The van der Waals surface area contributed by atoms with Crippen LogP contribution in [0.5, 0.6) is 0 Å². The second-order valence-electron chi connectivity index (χ2n) is 6.78. The molecule has 1 aliphatic heterocycles. The number of fused-ring (bicyclic) bond motifs is 1. The average Bonchev–Trinajstić information content (AvgIpc) is 2.65. The first kappa shape index (κ1) is 21.5. The van der Waals surface area contributed by atoms with Crippen LogP contribution in [0, 0.1) is 5.92 Å². The van der Waals surface area contributed by atoms with Crippen LogP contribution < -0.4 is 21.5 Å². The molecule has 2 rings (SSSR count). The molecule has 0 saturated heterocycles. The van der Waals surface area contributed by atoms with Crippen molar-refractivity contribution in [2.75, 3.05) is 11.9 Å². The highest BCUT2D eigenvalue weighted by Gasteiger charge is 2.28. The number of thioether (sulfide) groups is 1. The molecule has 1 aromatic carbocycles. The minimum Gasteiger partial charge on any atom is -0.361 e. The molecule has 6 nitrogen and oxygen atoms in total. The molecular weight excluding hydrogens is 380 g/mol. The number of hydrogen-bond acceptors (Lipinski definition) is 4. The van der Waals surface area contributed by atoms with Gasteiger partial charge in [-0.1, -0.05) is 45.2 Å². The second-order valence-corrected chi connectivity index (χ2v) is 8.43. The quantitative estimate of drug-likeness (QED) is 0.300. The van der Waals surface area contributed by atoms with Crippen molar-refractivity contribution in [3.05, 3.63) is 24.3 Å². The zero-order valence-corrected chi connectivity index (χ0v) is 17.5. The van der Waals surface area contributed by atoms with E-state index >= 15 is 0 Å². The number of anilines is 1. The van der Waals surface area contributed by atoms with Gasteiger partial charge in [0.1, 0.15) is 0 Å². The van der Waals surface area contributed by atoms with Gasteiger partial charge in [-0.3, -0.25) is 20.4 Å². The van der Waals surface area contributed by atoms with Gasteiger partial charge in [0, 0.05) is 17.9 Å². The molecule has 1 aromatic rings. The molecule has 0 saturated carbocycles. The summed E-state index contributed by atoms with van der Waals surface area (Å²) in [6.45, 7) is 5.14. The van der Waals surface area contributed by atoms with E-state index in [1.54, 1.807) is 0 Å². The van der Waals surface area contributed by atoms with Crippen molar-refractivity contribution in [2.45, 2.75) is 56.1 Å². The second kappa shape index (κ2) is 11.1. The Balaban J connectivity index is 1.67. The molecule has 2 atom stereocenters. The third kappa shape index (κ3) is 7.38. The predicted octanol–water partition coefficient (Wildman–Crippen LogP) is 3.20. The number of amides is 2. The van der Waals surface area contributed by atoms with Crippen molar-refractivity contribution in [1.29, 1.82) is 0 Å². The number of nitrogens with one attached hydrogen (secondary N) is 4. The van der Waals surface area contributed by atoms with Gasteiger partial charge in [0.05, 0.1) is 10.9 Å². The van der Waals surface area contributed by atoms with Crippen LogP contribution in [0.3, 0.4) is 0 Å². The maximum Gasteiger partial charge on any atom is 0.240 e. The topological polar surface area (TPSA) is 82.3 Å². The fourth-order valence-electron chi connectivity index (χ4n) is 2.73. The van der Waals surface area contributed by atoms with E-state index in [4.69, 9.17) is 12.2 Å². The van der Waals surface area contributed by atoms with Crippen LogP contribution >= 0.6 is 24.0 Å². The summed E-state index contributed by atoms with van der Waals surface area (Å²) < 4.78 is 0. The van der Waals surface area contributed by atoms with E-state index in [0.717, 1.165) is 23.5 Å². The van der Waals surface area contributed by atoms with Crippen LogP contribution in [0.4, 0.5) is 5.69 Å². The number of hydrazine groups is 1. The lowest BCUT2D eigenvalue weighted by atomic mass is 10.0. The van der Waals surface area contributed by atoms with E-state index in [-0.39, 0.29) is 18.2 Å². The Labute approximate surface area is 170 Å². The van der Waals surface area contributed by atoms with Crippen LogP contribution in [0.2, 0.25) is 0 Å². The van der Waals surface area contributed by atoms with E-state index in [1.807, 2.05) is 24.3 Å². The fraction of sp³-hybridized carbons (Fsp3) is 0.526. The summed E-state index contributed by atoms with van der Waals surface area (Å²) in [5, 5.41) is 5.88. The van der Waals surface area contributed by atoms with E-state index in [9.17, 15) is 9.59 Å². The summed E-state index contributed by atoms with van der Waals surface area (Å²) in [5.41, 5.74) is 6.07. The molecule has 0 spiro atoms. The minimum absolute atomic E-state index is 0.0773. The van der Waals surface area contributed by atoms with Crippen LogP contribution in [-0.2, 0) is 9.59 Å². The number of unbranched alkanes of at least 4 members (excludes halogenated alkanes) is 2. The number of thiocarbonyl (C=S) groups is 1. The molecule has 27 heavy (non-hydrogen) atoms. The Kier molecular flexibility index (Phi) is 8.87. The lowest BCUT2D eigenvalue weighted by Gasteiger charge is -2.23.